The molecule has 5 nitrogen and oxygen atoms in total. The Bertz CT molecular complexity index is 642. The van der Waals surface area contributed by atoms with Gasteiger partial charge in [0.2, 0.25) is 0 Å². The molecule has 0 saturated carbocycles. The van der Waals surface area contributed by atoms with E-state index in [1.807, 2.05) is 30.3 Å². The fourth-order valence-electron chi connectivity index (χ4n) is 2.12. The van der Waals surface area contributed by atoms with Gasteiger partial charge in [0.1, 0.15) is 0 Å². The van der Waals surface area contributed by atoms with Crippen LogP contribution in [0.2, 0.25) is 0 Å². The molecule has 0 fully saturated rings. The minimum absolute atomic E-state index is 0.313. The van der Waals surface area contributed by atoms with Crippen LogP contribution in [-0.4, -0.2) is 19.1 Å². The summed E-state index contributed by atoms with van der Waals surface area (Å²) >= 11 is 0. The van der Waals surface area contributed by atoms with Gasteiger partial charge in [-0.2, -0.15) is 0 Å². The molecule has 0 spiro atoms. The highest BCUT2D eigenvalue weighted by atomic mass is 16.6. The Morgan fingerprint density at radius 2 is 1.82 bits per heavy atom. The van der Waals surface area contributed by atoms with Gasteiger partial charge in [0.05, 0.1) is 19.8 Å². The summed E-state index contributed by atoms with van der Waals surface area (Å²) in [5.41, 5.74) is 3.89. The predicted octanol–water partition coefficient (Wildman–Crippen LogP) is 2.71. The molecule has 0 aliphatic carbocycles. The first-order valence-electron chi connectivity index (χ1n) is 7.18. The molecule has 0 saturated heterocycles. The lowest BCUT2D eigenvalue weighted by molar-refractivity contribution is 0.0233. The maximum atomic E-state index is 12.1. The molecule has 22 heavy (non-hydrogen) atoms. The summed E-state index contributed by atoms with van der Waals surface area (Å²) in [4.78, 5) is 17.3. The van der Waals surface area contributed by atoms with E-state index in [9.17, 15) is 4.79 Å². The molecule has 2 aromatic carbocycles. The molecule has 2 aromatic rings. The Morgan fingerprint density at radius 1 is 1.05 bits per heavy atom. The van der Waals surface area contributed by atoms with Crippen molar-refractivity contribution in [3.63, 3.8) is 0 Å². The summed E-state index contributed by atoms with van der Waals surface area (Å²) in [6.07, 6.45) is 0.830. The summed E-state index contributed by atoms with van der Waals surface area (Å²) in [5, 5.41) is 0. The highest BCUT2D eigenvalue weighted by molar-refractivity contribution is 5.94. The average molecular weight is 299 g/mol. The lowest BCUT2D eigenvalue weighted by Crippen LogP contribution is -2.23. The van der Waals surface area contributed by atoms with Crippen molar-refractivity contribution in [2.45, 2.75) is 13.0 Å². The molecule has 1 amide bonds. The predicted molar refractivity (Wildman–Crippen MR) is 80.7 cm³/mol. The zero-order valence-electron chi connectivity index (χ0n) is 12.1. The molecule has 0 aromatic heterocycles. The smallest absolute Gasteiger partial charge is 0.274 e. The van der Waals surface area contributed by atoms with Gasteiger partial charge in [-0.3, -0.25) is 9.63 Å². The van der Waals surface area contributed by atoms with Crippen molar-refractivity contribution in [1.82, 2.24) is 5.48 Å². The number of fused-ring (bicyclic) bond motifs is 1. The second-order valence-electron chi connectivity index (χ2n) is 4.92. The second kappa shape index (κ2) is 6.95. The van der Waals surface area contributed by atoms with Gasteiger partial charge < -0.3 is 9.47 Å². The summed E-state index contributed by atoms with van der Waals surface area (Å²) in [5.74, 6) is 0.944. The van der Waals surface area contributed by atoms with Crippen molar-refractivity contribution in [2.75, 3.05) is 13.2 Å². The number of nitrogens with one attached hydrogen (secondary N) is 1. The third-order valence-electron chi connectivity index (χ3n) is 3.26. The van der Waals surface area contributed by atoms with Gasteiger partial charge in [0, 0.05) is 12.0 Å². The van der Waals surface area contributed by atoms with Crippen LogP contribution in [0.5, 0.6) is 11.5 Å². The lowest BCUT2D eigenvalue weighted by Gasteiger charge is -2.10. The van der Waals surface area contributed by atoms with Crippen LogP contribution in [-0.2, 0) is 11.4 Å². The molecular formula is C17H17NO4. The first-order valence-corrected chi connectivity index (χ1v) is 7.18. The Hall–Kier alpha value is -2.53. The van der Waals surface area contributed by atoms with Crippen LogP contribution in [0.25, 0.3) is 0 Å². The molecule has 1 aliphatic rings. The molecule has 1 heterocycles. The van der Waals surface area contributed by atoms with Gasteiger partial charge in [-0.05, 0) is 23.8 Å². The monoisotopic (exact) mass is 299 g/mol. The van der Waals surface area contributed by atoms with Crippen molar-refractivity contribution in [3.8, 4) is 11.5 Å². The van der Waals surface area contributed by atoms with Crippen LogP contribution >= 0.6 is 0 Å². The van der Waals surface area contributed by atoms with Gasteiger partial charge in [0.15, 0.2) is 11.5 Å². The van der Waals surface area contributed by atoms with Crippen molar-refractivity contribution >= 4 is 5.91 Å². The number of benzene rings is 2. The van der Waals surface area contributed by atoms with E-state index < -0.39 is 0 Å². The number of carbonyl (C=O) groups excluding carboxylic acids is 1. The van der Waals surface area contributed by atoms with E-state index in [1.165, 1.54) is 0 Å². The minimum Gasteiger partial charge on any atom is -0.490 e. The zero-order valence-corrected chi connectivity index (χ0v) is 12.1. The Kier molecular flexibility index (Phi) is 4.56. The second-order valence-corrected chi connectivity index (χ2v) is 4.92. The van der Waals surface area contributed by atoms with Gasteiger partial charge in [0.25, 0.3) is 5.91 Å². The quantitative estimate of drug-likeness (QED) is 0.882. The van der Waals surface area contributed by atoms with Crippen molar-refractivity contribution in [3.05, 3.63) is 59.7 Å². The highest BCUT2D eigenvalue weighted by Gasteiger charge is 2.14. The average Bonchev–Trinajstić information content (AvgIpc) is 2.80. The zero-order chi connectivity index (χ0) is 15.2. The highest BCUT2D eigenvalue weighted by Crippen LogP contribution is 2.30. The number of rotatable bonds is 4. The number of hydrogen-bond donors (Lipinski definition) is 1. The van der Waals surface area contributed by atoms with E-state index >= 15 is 0 Å². The summed E-state index contributed by atoms with van der Waals surface area (Å²) < 4.78 is 11.1. The van der Waals surface area contributed by atoms with Crippen molar-refractivity contribution < 1.29 is 19.1 Å². The van der Waals surface area contributed by atoms with Crippen LogP contribution < -0.4 is 15.0 Å². The molecule has 5 heteroatoms. The van der Waals surface area contributed by atoms with Crippen LogP contribution in [0, 0.1) is 0 Å². The fraction of sp³-hybridized carbons (Fsp3) is 0.235. The standard InChI is InChI=1S/C17H17NO4/c19-17(18-22-12-13-5-2-1-3-6-13)14-7-8-15-16(11-14)21-10-4-9-20-15/h1-3,5-8,11H,4,9-10,12H2,(H,18,19). The summed E-state index contributed by atoms with van der Waals surface area (Å²) in [7, 11) is 0. The Labute approximate surface area is 128 Å². The van der Waals surface area contributed by atoms with E-state index in [1.54, 1.807) is 18.2 Å². The van der Waals surface area contributed by atoms with Gasteiger partial charge in [-0.25, -0.2) is 5.48 Å². The van der Waals surface area contributed by atoms with Crippen molar-refractivity contribution in [2.24, 2.45) is 0 Å². The van der Waals surface area contributed by atoms with Crippen molar-refractivity contribution in [1.29, 1.82) is 0 Å². The summed E-state index contributed by atoms with van der Waals surface area (Å²) in [6.45, 7) is 1.53. The maximum absolute atomic E-state index is 12.1. The van der Waals surface area contributed by atoms with Gasteiger partial charge in [-0.1, -0.05) is 30.3 Å². The van der Waals surface area contributed by atoms with Crippen LogP contribution in [0.3, 0.4) is 0 Å². The molecule has 3 rings (SSSR count). The van der Waals surface area contributed by atoms with Crippen LogP contribution in [0.1, 0.15) is 22.3 Å². The largest absolute Gasteiger partial charge is 0.490 e. The first kappa shape index (κ1) is 14.4. The SMILES string of the molecule is O=C(NOCc1ccccc1)c1ccc2c(c1)OCCCO2. The topological polar surface area (TPSA) is 56.8 Å². The van der Waals surface area contributed by atoms with E-state index in [0.29, 0.717) is 36.9 Å². The number of ether oxygens (including phenoxy) is 2. The minimum atomic E-state index is -0.313. The van der Waals surface area contributed by atoms with E-state index in [0.717, 1.165) is 12.0 Å². The van der Waals surface area contributed by atoms with E-state index in [-0.39, 0.29) is 5.91 Å². The van der Waals surface area contributed by atoms with E-state index in [4.69, 9.17) is 14.3 Å². The van der Waals surface area contributed by atoms with Gasteiger partial charge >= 0.3 is 0 Å². The fourth-order valence-corrected chi connectivity index (χ4v) is 2.12. The number of hydrogen-bond acceptors (Lipinski definition) is 4. The Morgan fingerprint density at radius 3 is 2.64 bits per heavy atom. The molecule has 1 N–H and O–H groups in total. The third-order valence-corrected chi connectivity index (χ3v) is 3.26. The third kappa shape index (κ3) is 3.56. The molecule has 0 bridgehead atoms. The van der Waals surface area contributed by atoms with Gasteiger partial charge in [-0.15, -0.1) is 0 Å². The molecule has 114 valence electrons. The van der Waals surface area contributed by atoms with Crippen LogP contribution in [0.15, 0.2) is 48.5 Å². The van der Waals surface area contributed by atoms with Crippen LogP contribution in [0.4, 0.5) is 0 Å². The number of carbonyl (C=O) groups is 1. The first-order chi connectivity index (χ1) is 10.8. The molecule has 0 atom stereocenters. The molecular weight excluding hydrogens is 282 g/mol. The molecule has 1 aliphatic heterocycles. The number of amides is 1. The number of hydroxylamine groups is 1. The Balaban J connectivity index is 1.59. The molecule has 0 unspecified atom stereocenters. The normalized spacial score (nSPS) is 13.3. The summed E-state index contributed by atoms with van der Waals surface area (Å²) in [6, 6.07) is 14.7. The van der Waals surface area contributed by atoms with E-state index in [2.05, 4.69) is 5.48 Å². The maximum Gasteiger partial charge on any atom is 0.274 e. The lowest BCUT2D eigenvalue weighted by atomic mass is 10.2. The molecule has 0 radical (unpaired) electrons.